The van der Waals surface area contributed by atoms with Gasteiger partial charge in [0.1, 0.15) is 0 Å². The first kappa shape index (κ1) is 19.5. The summed E-state index contributed by atoms with van der Waals surface area (Å²) in [7, 11) is 0. The number of amides is 2. The summed E-state index contributed by atoms with van der Waals surface area (Å²) in [5, 5.41) is 3.02. The van der Waals surface area contributed by atoms with Crippen LogP contribution in [0, 0.1) is 11.8 Å². The lowest BCUT2D eigenvalue weighted by molar-refractivity contribution is -0.143. The Morgan fingerprint density at radius 2 is 1.67 bits per heavy atom. The van der Waals surface area contributed by atoms with Crippen LogP contribution in [-0.4, -0.2) is 54.4 Å². The number of nitrogens with zero attached hydrogens (tertiary/aromatic N) is 4. The van der Waals surface area contributed by atoms with Crippen molar-refractivity contribution in [3.63, 3.8) is 0 Å². The van der Waals surface area contributed by atoms with Gasteiger partial charge in [-0.05, 0) is 30.9 Å². The van der Waals surface area contributed by atoms with E-state index in [-0.39, 0.29) is 23.7 Å². The van der Waals surface area contributed by atoms with Crippen LogP contribution in [0.1, 0.15) is 31.2 Å². The largest absolute Gasteiger partial charge is 0.345 e. The van der Waals surface area contributed by atoms with E-state index in [0.717, 1.165) is 62.6 Å². The van der Waals surface area contributed by atoms with Crippen LogP contribution < -0.4 is 9.80 Å². The number of fused-ring (bicyclic) bond motifs is 1. The number of para-hydroxylation sites is 1. The second-order valence-corrected chi connectivity index (χ2v) is 9.37. The standard InChI is InChI=1S/C23H28N4O2S/c28-21(25-12-14-26(15-13-25)23-24-10-16-30-23)18-6-2-3-7-19(18)22(29)27-11-9-17-5-1-4-8-20(17)27/h1,4-5,8,10,16,18-19H,2-3,6-7,9,11-15H2. The Hall–Kier alpha value is -2.41. The summed E-state index contributed by atoms with van der Waals surface area (Å²) in [6, 6.07) is 8.17. The van der Waals surface area contributed by atoms with Crippen molar-refractivity contribution in [2.45, 2.75) is 32.1 Å². The predicted octanol–water partition coefficient (Wildman–Crippen LogP) is 3.19. The number of carbonyl (C=O) groups is 2. The molecule has 3 heterocycles. The zero-order chi connectivity index (χ0) is 20.5. The van der Waals surface area contributed by atoms with Crippen LogP contribution in [0.15, 0.2) is 35.8 Å². The maximum atomic E-state index is 13.5. The van der Waals surface area contributed by atoms with Gasteiger partial charge in [-0.2, -0.15) is 0 Å². The lowest BCUT2D eigenvalue weighted by atomic mass is 9.77. The fraction of sp³-hybridized carbons (Fsp3) is 0.522. The molecule has 2 aromatic rings. The van der Waals surface area contributed by atoms with Crippen molar-refractivity contribution >= 4 is 34.0 Å². The second-order valence-electron chi connectivity index (χ2n) is 8.49. The maximum absolute atomic E-state index is 13.5. The third kappa shape index (κ3) is 3.60. The molecule has 1 aliphatic carbocycles. The minimum absolute atomic E-state index is 0.152. The second kappa shape index (κ2) is 8.38. The van der Waals surface area contributed by atoms with E-state index in [4.69, 9.17) is 0 Å². The van der Waals surface area contributed by atoms with E-state index < -0.39 is 0 Å². The van der Waals surface area contributed by atoms with Gasteiger partial charge < -0.3 is 14.7 Å². The van der Waals surface area contributed by atoms with Crippen molar-refractivity contribution in [2.24, 2.45) is 11.8 Å². The van der Waals surface area contributed by atoms with E-state index in [1.807, 2.05) is 39.6 Å². The summed E-state index contributed by atoms with van der Waals surface area (Å²) in [5.74, 6) is -0.0291. The molecule has 2 amide bonds. The molecule has 30 heavy (non-hydrogen) atoms. The summed E-state index contributed by atoms with van der Waals surface area (Å²) in [4.78, 5) is 37.5. The lowest BCUT2D eigenvalue weighted by Gasteiger charge is -2.39. The van der Waals surface area contributed by atoms with Crippen LogP contribution in [0.3, 0.4) is 0 Å². The van der Waals surface area contributed by atoms with Crippen molar-refractivity contribution in [1.29, 1.82) is 0 Å². The number of aromatic nitrogens is 1. The van der Waals surface area contributed by atoms with Gasteiger partial charge in [-0.1, -0.05) is 31.0 Å². The number of hydrogen-bond donors (Lipinski definition) is 0. The zero-order valence-corrected chi connectivity index (χ0v) is 18.0. The topological polar surface area (TPSA) is 56.8 Å². The Labute approximate surface area is 181 Å². The van der Waals surface area contributed by atoms with Crippen molar-refractivity contribution in [1.82, 2.24) is 9.88 Å². The van der Waals surface area contributed by atoms with E-state index in [0.29, 0.717) is 13.1 Å². The van der Waals surface area contributed by atoms with E-state index in [1.165, 1.54) is 5.56 Å². The van der Waals surface area contributed by atoms with E-state index in [2.05, 4.69) is 16.0 Å². The maximum Gasteiger partial charge on any atom is 0.230 e. The average molecular weight is 425 g/mol. The van der Waals surface area contributed by atoms with Gasteiger partial charge in [0, 0.05) is 55.9 Å². The van der Waals surface area contributed by atoms with Gasteiger partial charge in [0.15, 0.2) is 5.13 Å². The monoisotopic (exact) mass is 424 g/mol. The molecule has 6 nitrogen and oxygen atoms in total. The van der Waals surface area contributed by atoms with E-state index >= 15 is 0 Å². The minimum Gasteiger partial charge on any atom is -0.345 e. The number of piperazine rings is 1. The lowest BCUT2D eigenvalue weighted by Crippen LogP contribution is -2.53. The minimum atomic E-state index is -0.186. The molecule has 1 saturated heterocycles. The summed E-state index contributed by atoms with van der Waals surface area (Å²) in [5.41, 5.74) is 2.28. The first-order valence-corrected chi connectivity index (χ1v) is 11.9. The van der Waals surface area contributed by atoms with Crippen LogP contribution in [0.2, 0.25) is 0 Å². The highest BCUT2D eigenvalue weighted by atomic mass is 32.1. The summed E-state index contributed by atoms with van der Waals surface area (Å²) in [6.45, 7) is 3.78. The molecule has 158 valence electrons. The molecule has 7 heteroatoms. The number of thiazole rings is 1. The van der Waals surface area contributed by atoms with Gasteiger partial charge in [-0.15, -0.1) is 11.3 Å². The molecule has 2 atom stereocenters. The van der Waals surface area contributed by atoms with Gasteiger partial charge in [0.25, 0.3) is 0 Å². The Bertz CT molecular complexity index is 908. The first-order chi connectivity index (χ1) is 14.7. The summed E-state index contributed by atoms with van der Waals surface area (Å²) in [6.07, 6.45) is 6.46. The normalized spacial score (nSPS) is 24.1. The van der Waals surface area contributed by atoms with Gasteiger partial charge in [0.05, 0.1) is 5.92 Å². The molecule has 1 aromatic carbocycles. The number of hydrogen-bond acceptors (Lipinski definition) is 5. The van der Waals surface area contributed by atoms with Gasteiger partial charge in [-0.25, -0.2) is 4.98 Å². The molecule has 0 radical (unpaired) electrons. The highest BCUT2D eigenvalue weighted by Crippen LogP contribution is 2.37. The SMILES string of the molecule is O=C(C1CCCCC1C(=O)N1CCc2ccccc21)N1CCN(c2nccs2)CC1. The molecule has 0 bridgehead atoms. The molecule has 2 aliphatic heterocycles. The third-order valence-corrected chi connectivity index (χ3v) is 7.67. The molecule has 5 rings (SSSR count). The Balaban J connectivity index is 1.27. The first-order valence-electron chi connectivity index (χ1n) is 11.0. The van der Waals surface area contributed by atoms with Crippen LogP contribution >= 0.6 is 11.3 Å². The van der Waals surface area contributed by atoms with Crippen molar-refractivity contribution in [3.05, 3.63) is 41.4 Å². The molecular weight excluding hydrogens is 396 g/mol. The molecule has 0 N–H and O–H groups in total. The highest BCUT2D eigenvalue weighted by Gasteiger charge is 2.41. The average Bonchev–Trinajstić information content (AvgIpc) is 3.49. The summed E-state index contributed by atoms with van der Waals surface area (Å²) < 4.78 is 0. The fourth-order valence-corrected chi connectivity index (χ4v) is 5.91. The van der Waals surface area contributed by atoms with Gasteiger partial charge in [0.2, 0.25) is 11.8 Å². The van der Waals surface area contributed by atoms with Crippen LogP contribution in [-0.2, 0) is 16.0 Å². The fourth-order valence-electron chi connectivity index (χ4n) is 5.21. The molecule has 1 aromatic heterocycles. The highest BCUT2D eigenvalue weighted by molar-refractivity contribution is 7.13. The predicted molar refractivity (Wildman–Crippen MR) is 119 cm³/mol. The smallest absolute Gasteiger partial charge is 0.230 e. The Kier molecular flexibility index (Phi) is 5.46. The van der Waals surface area contributed by atoms with Gasteiger partial charge in [-0.3, -0.25) is 9.59 Å². The number of benzene rings is 1. The molecule has 3 aliphatic rings. The van der Waals surface area contributed by atoms with Crippen LogP contribution in [0.25, 0.3) is 0 Å². The van der Waals surface area contributed by atoms with E-state index in [1.54, 1.807) is 11.3 Å². The van der Waals surface area contributed by atoms with Crippen molar-refractivity contribution in [3.8, 4) is 0 Å². The molecule has 2 fully saturated rings. The zero-order valence-electron chi connectivity index (χ0n) is 17.2. The van der Waals surface area contributed by atoms with Crippen LogP contribution in [0.5, 0.6) is 0 Å². The summed E-state index contributed by atoms with van der Waals surface area (Å²) >= 11 is 1.64. The third-order valence-electron chi connectivity index (χ3n) is 6.83. The number of rotatable bonds is 3. The number of carbonyl (C=O) groups excluding carboxylic acids is 2. The van der Waals surface area contributed by atoms with E-state index in [9.17, 15) is 9.59 Å². The molecule has 0 spiro atoms. The van der Waals surface area contributed by atoms with Gasteiger partial charge >= 0.3 is 0 Å². The van der Waals surface area contributed by atoms with Crippen LogP contribution in [0.4, 0.5) is 10.8 Å². The number of anilines is 2. The Morgan fingerprint density at radius 1 is 0.933 bits per heavy atom. The molecular formula is C23H28N4O2S. The molecule has 1 saturated carbocycles. The van der Waals surface area contributed by atoms with Crippen molar-refractivity contribution in [2.75, 3.05) is 42.5 Å². The van der Waals surface area contributed by atoms with Crippen molar-refractivity contribution < 1.29 is 9.59 Å². The molecule has 2 unspecified atom stereocenters. The quantitative estimate of drug-likeness (QED) is 0.759. The Morgan fingerprint density at radius 3 is 2.40 bits per heavy atom.